The van der Waals surface area contributed by atoms with Gasteiger partial charge in [0, 0.05) is 26.2 Å². The lowest BCUT2D eigenvalue weighted by Crippen LogP contribution is -2.47. The molecule has 6 heteroatoms. The molecule has 1 aliphatic rings. The highest BCUT2D eigenvalue weighted by Gasteiger charge is 2.27. The molecule has 0 atom stereocenters. The van der Waals surface area contributed by atoms with Crippen molar-refractivity contribution in [2.24, 2.45) is 10.4 Å². The zero-order valence-electron chi connectivity index (χ0n) is 13.8. The van der Waals surface area contributed by atoms with Crippen LogP contribution >= 0.6 is 0 Å². The molecule has 1 rings (SSSR count). The third kappa shape index (κ3) is 5.53. The van der Waals surface area contributed by atoms with Crippen LogP contribution in [0, 0.1) is 5.41 Å². The predicted octanol–water partition coefficient (Wildman–Crippen LogP) is 0.571. The fourth-order valence-corrected chi connectivity index (χ4v) is 2.25. The van der Waals surface area contributed by atoms with E-state index in [0.717, 1.165) is 38.4 Å². The Kier molecular flexibility index (Phi) is 6.95. The largest absolute Gasteiger partial charge is 0.393 e. The van der Waals surface area contributed by atoms with Crippen LogP contribution < -0.4 is 10.6 Å². The van der Waals surface area contributed by atoms with Crippen molar-refractivity contribution >= 4 is 11.9 Å². The zero-order chi connectivity index (χ0) is 15.9. The number of guanidine groups is 1. The average Bonchev–Trinajstić information content (AvgIpc) is 2.45. The second kappa shape index (κ2) is 8.22. The smallest absolute Gasteiger partial charge is 0.227 e. The van der Waals surface area contributed by atoms with Crippen molar-refractivity contribution in [3.05, 3.63) is 0 Å². The SMILES string of the molecule is CCNC(=O)C(C)(C)CN=C(NCC)N1CCC(O)CC1. The molecule has 1 amide bonds. The van der Waals surface area contributed by atoms with E-state index in [1.165, 1.54) is 0 Å². The van der Waals surface area contributed by atoms with Crippen LogP contribution in [0.3, 0.4) is 0 Å². The normalized spacial score (nSPS) is 17.8. The summed E-state index contributed by atoms with van der Waals surface area (Å²) in [7, 11) is 0. The number of aliphatic hydroxyl groups is 1. The first kappa shape index (κ1) is 17.8. The molecule has 1 aliphatic heterocycles. The number of piperidine rings is 1. The highest BCUT2D eigenvalue weighted by atomic mass is 16.3. The molecule has 0 spiro atoms. The van der Waals surface area contributed by atoms with Crippen molar-refractivity contribution in [1.29, 1.82) is 0 Å². The first-order valence-electron chi connectivity index (χ1n) is 7.90. The molecule has 122 valence electrons. The van der Waals surface area contributed by atoms with Crippen molar-refractivity contribution in [1.82, 2.24) is 15.5 Å². The summed E-state index contributed by atoms with van der Waals surface area (Å²) in [5, 5.41) is 15.7. The lowest BCUT2D eigenvalue weighted by atomic mass is 9.92. The van der Waals surface area contributed by atoms with Gasteiger partial charge in [0.05, 0.1) is 18.1 Å². The molecule has 1 saturated heterocycles. The Hall–Kier alpha value is -1.30. The number of amides is 1. The minimum atomic E-state index is -0.522. The first-order valence-corrected chi connectivity index (χ1v) is 7.90. The highest BCUT2D eigenvalue weighted by Crippen LogP contribution is 2.16. The second-order valence-corrected chi connectivity index (χ2v) is 6.13. The van der Waals surface area contributed by atoms with Crippen LogP contribution in [0.15, 0.2) is 4.99 Å². The summed E-state index contributed by atoms with van der Waals surface area (Å²) in [5.41, 5.74) is -0.522. The summed E-state index contributed by atoms with van der Waals surface area (Å²) in [6.45, 7) is 11.2. The van der Waals surface area contributed by atoms with Crippen LogP contribution in [0.2, 0.25) is 0 Å². The minimum absolute atomic E-state index is 0.0265. The summed E-state index contributed by atoms with van der Waals surface area (Å²) in [4.78, 5) is 18.8. The Morgan fingerprint density at radius 1 is 1.24 bits per heavy atom. The standard InChI is InChI=1S/C15H30N4O2/c1-5-16-13(21)15(3,4)11-18-14(17-6-2)19-9-7-12(20)8-10-19/h12,20H,5-11H2,1-4H3,(H,16,21)(H,17,18). The van der Waals surface area contributed by atoms with Gasteiger partial charge >= 0.3 is 0 Å². The van der Waals surface area contributed by atoms with E-state index in [2.05, 4.69) is 20.5 Å². The minimum Gasteiger partial charge on any atom is -0.393 e. The quantitative estimate of drug-likeness (QED) is 0.512. The van der Waals surface area contributed by atoms with Gasteiger partial charge in [-0.15, -0.1) is 0 Å². The van der Waals surface area contributed by atoms with Gasteiger partial charge in [-0.2, -0.15) is 0 Å². The molecule has 1 heterocycles. The number of rotatable bonds is 5. The number of nitrogens with zero attached hydrogens (tertiary/aromatic N) is 2. The van der Waals surface area contributed by atoms with Crippen molar-refractivity contribution in [2.45, 2.75) is 46.6 Å². The molecule has 3 N–H and O–H groups in total. The van der Waals surface area contributed by atoms with Gasteiger partial charge in [0.1, 0.15) is 0 Å². The van der Waals surface area contributed by atoms with E-state index in [0.29, 0.717) is 13.1 Å². The maximum Gasteiger partial charge on any atom is 0.227 e. The summed E-state index contributed by atoms with van der Waals surface area (Å²) in [5.74, 6) is 0.862. The Morgan fingerprint density at radius 3 is 2.33 bits per heavy atom. The molecule has 0 aromatic rings. The zero-order valence-corrected chi connectivity index (χ0v) is 13.8. The fraction of sp³-hybridized carbons (Fsp3) is 0.867. The molecule has 0 saturated carbocycles. The van der Waals surface area contributed by atoms with Gasteiger partial charge in [-0.05, 0) is 40.5 Å². The van der Waals surface area contributed by atoms with E-state index < -0.39 is 5.41 Å². The number of hydrogen-bond donors (Lipinski definition) is 3. The molecule has 0 radical (unpaired) electrons. The molecule has 1 fully saturated rings. The van der Waals surface area contributed by atoms with Crippen molar-refractivity contribution < 1.29 is 9.90 Å². The monoisotopic (exact) mass is 298 g/mol. The molecule has 0 unspecified atom stereocenters. The number of likely N-dealkylation sites (tertiary alicyclic amines) is 1. The van der Waals surface area contributed by atoms with E-state index in [-0.39, 0.29) is 12.0 Å². The van der Waals surface area contributed by atoms with Crippen LogP contribution in [-0.2, 0) is 4.79 Å². The van der Waals surface area contributed by atoms with Gasteiger partial charge in [0.2, 0.25) is 5.91 Å². The average molecular weight is 298 g/mol. The highest BCUT2D eigenvalue weighted by molar-refractivity contribution is 5.83. The van der Waals surface area contributed by atoms with E-state index in [9.17, 15) is 9.90 Å². The van der Waals surface area contributed by atoms with Gasteiger partial charge in [-0.25, -0.2) is 0 Å². The summed E-state index contributed by atoms with van der Waals surface area (Å²) in [6, 6.07) is 0. The second-order valence-electron chi connectivity index (χ2n) is 6.13. The van der Waals surface area contributed by atoms with Gasteiger partial charge < -0.3 is 20.6 Å². The van der Waals surface area contributed by atoms with Crippen LogP contribution in [0.5, 0.6) is 0 Å². The lowest BCUT2D eigenvalue weighted by molar-refractivity contribution is -0.128. The molecule has 6 nitrogen and oxygen atoms in total. The fourth-order valence-electron chi connectivity index (χ4n) is 2.25. The Bertz CT molecular complexity index is 361. The lowest BCUT2D eigenvalue weighted by Gasteiger charge is -2.33. The van der Waals surface area contributed by atoms with Crippen molar-refractivity contribution in [3.8, 4) is 0 Å². The number of aliphatic hydroxyl groups excluding tert-OH is 1. The van der Waals surface area contributed by atoms with Crippen LogP contribution in [0.1, 0.15) is 40.5 Å². The maximum absolute atomic E-state index is 12.0. The Labute approximate surface area is 128 Å². The number of carbonyl (C=O) groups is 1. The van der Waals surface area contributed by atoms with E-state index in [1.54, 1.807) is 0 Å². The molecule has 0 aromatic carbocycles. The molecular weight excluding hydrogens is 268 g/mol. The van der Waals surface area contributed by atoms with Crippen molar-refractivity contribution in [2.75, 3.05) is 32.7 Å². The van der Waals surface area contributed by atoms with E-state index in [4.69, 9.17) is 0 Å². The van der Waals surface area contributed by atoms with Crippen LogP contribution in [-0.4, -0.2) is 60.7 Å². The molecule has 21 heavy (non-hydrogen) atoms. The maximum atomic E-state index is 12.0. The van der Waals surface area contributed by atoms with Crippen LogP contribution in [0.25, 0.3) is 0 Å². The number of hydrogen-bond acceptors (Lipinski definition) is 3. The topological polar surface area (TPSA) is 77.0 Å². The number of aliphatic imine (C=N–C) groups is 1. The van der Waals surface area contributed by atoms with E-state index in [1.807, 2.05) is 27.7 Å². The first-order chi connectivity index (χ1) is 9.90. The van der Waals surface area contributed by atoms with Gasteiger partial charge in [-0.1, -0.05) is 0 Å². The Balaban J connectivity index is 2.69. The van der Waals surface area contributed by atoms with Crippen LogP contribution in [0.4, 0.5) is 0 Å². The summed E-state index contributed by atoms with van der Waals surface area (Å²) in [6.07, 6.45) is 1.34. The summed E-state index contributed by atoms with van der Waals surface area (Å²) < 4.78 is 0. The molecule has 0 aromatic heterocycles. The third-order valence-corrected chi connectivity index (χ3v) is 3.68. The number of carbonyl (C=O) groups excluding carboxylic acids is 1. The van der Waals surface area contributed by atoms with Gasteiger partial charge in [0.25, 0.3) is 0 Å². The summed E-state index contributed by atoms with van der Waals surface area (Å²) >= 11 is 0. The van der Waals surface area contributed by atoms with E-state index >= 15 is 0 Å². The Morgan fingerprint density at radius 2 is 1.81 bits per heavy atom. The molecule has 0 aliphatic carbocycles. The number of nitrogens with one attached hydrogen (secondary N) is 2. The molecule has 0 bridgehead atoms. The predicted molar refractivity (Wildman–Crippen MR) is 85.3 cm³/mol. The molecular formula is C15H30N4O2. The third-order valence-electron chi connectivity index (χ3n) is 3.68. The van der Waals surface area contributed by atoms with Gasteiger partial charge in [0.15, 0.2) is 5.96 Å². The van der Waals surface area contributed by atoms with Crippen molar-refractivity contribution in [3.63, 3.8) is 0 Å². The van der Waals surface area contributed by atoms with Gasteiger partial charge in [-0.3, -0.25) is 9.79 Å².